The predicted molar refractivity (Wildman–Crippen MR) is 67.7 cm³/mol. The quantitative estimate of drug-likeness (QED) is 0.849. The summed E-state index contributed by atoms with van der Waals surface area (Å²) in [5.41, 5.74) is 0.936. The zero-order valence-corrected chi connectivity index (χ0v) is 10.00. The fourth-order valence-electron chi connectivity index (χ4n) is 1.56. The molecule has 0 fully saturated rings. The number of hydrogen-bond donors (Lipinski definition) is 2. The Kier molecular flexibility index (Phi) is 3.59. The molecule has 3 heteroatoms. The summed E-state index contributed by atoms with van der Waals surface area (Å²) in [6.07, 6.45) is 0. The molecule has 16 heavy (non-hydrogen) atoms. The normalized spacial score (nSPS) is 12.6. The second-order valence-electron chi connectivity index (χ2n) is 3.75. The summed E-state index contributed by atoms with van der Waals surface area (Å²) in [5.74, 6) is 0.355. The van der Waals surface area contributed by atoms with Crippen LogP contribution in [0.5, 0.6) is 5.75 Å². The van der Waals surface area contributed by atoms with Gasteiger partial charge in [0.25, 0.3) is 0 Å². The molecule has 0 saturated carbocycles. The van der Waals surface area contributed by atoms with Gasteiger partial charge in [-0.25, -0.2) is 0 Å². The molecule has 0 unspecified atom stereocenters. The lowest BCUT2D eigenvalue weighted by atomic mass is 10.2. The van der Waals surface area contributed by atoms with E-state index in [-0.39, 0.29) is 0 Å². The minimum absolute atomic E-state index is 0.319. The maximum Gasteiger partial charge on any atom is 0.120 e. The Morgan fingerprint density at radius 2 is 2.06 bits per heavy atom. The first-order valence-electron chi connectivity index (χ1n) is 5.31. The van der Waals surface area contributed by atoms with Crippen molar-refractivity contribution in [3.63, 3.8) is 0 Å². The summed E-state index contributed by atoms with van der Waals surface area (Å²) >= 11 is 1.75. The number of hydrogen-bond acceptors (Lipinski definition) is 3. The molecule has 0 amide bonds. The Morgan fingerprint density at radius 3 is 2.75 bits per heavy atom. The predicted octanol–water partition coefficient (Wildman–Crippen LogP) is 3.30. The largest absolute Gasteiger partial charge is 0.508 e. The van der Waals surface area contributed by atoms with Crippen molar-refractivity contribution in [1.82, 2.24) is 5.32 Å². The van der Waals surface area contributed by atoms with Crippen molar-refractivity contribution in [2.75, 3.05) is 0 Å². The molecular formula is C13H15NOS. The summed E-state index contributed by atoms with van der Waals surface area (Å²) in [7, 11) is 0. The van der Waals surface area contributed by atoms with Crippen LogP contribution in [0.4, 0.5) is 0 Å². The molecule has 1 atom stereocenters. The van der Waals surface area contributed by atoms with Crippen LogP contribution in [0.1, 0.15) is 23.4 Å². The standard InChI is InChI=1S/C13H15NOS/c1-10(13-7-4-8-16-13)14-9-11-5-2-3-6-12(11)15/h2-8,10,14-15H,9H2,1H3/t10-/m0/s1. The van der Waals surface area contributed by atoms with Gasteiger partial charge in [0.15, 0.2) is 0 Å². The van der Waals surface area contributed by atoms with Gasteiger partial charge in [0.05, 0.1) is 0 Å². The van der Waals surface area contributed by atoms with Crippen LogP contribution in [0.15, 0.2) is 41.8 Å². The van der Waals surface area contributed by atoms with Crippen LogP contribution in [-0.4, -0.2) is 5.11 Å². The van der Waals surface area contributed by atoms with E-state index in [4.69, 9.17) is 0 Å². The number of thiophene rings is 1. The maximum atomic E-state index is 9.62. The molecule has 1 aromatic heterocycles. The zero-order valence-electron chi connectivity index (χ0n) is 9.18. The van der Waals surface area contributed by atoms with Crippen LogP contribution in [0.2, 0.25) is 0 Å². The van der Waals surface area contributed by atoms with E-state index in [9.17, 15) is 5.11 Å². The monoisotopic (exact) mass is 233 g/mol. The van der Waals surface area contributed by atoms with Gasteiger partial charge in [-0.05, 0) is 24.4 Å². The lowest BCUT2D eigenvalue weighted by Crippen LogP contribution is -2.17. The van der Waals surface area contributed by atoms with Crippen LogP contribution in [0.3, 0.4) is 0 Å². The number of benzene rings is 1. The molecule has 84 valence electrons. The molecule has 0 aliphatic heterocycles. The molecule has 2 rings (SSSR count). The van der Waals surface area contributed by atoms with E-state index in [1.54, 1.807) is 17.4 Å². The summed E-state index contributed by atoms with van der Waals surface area (Å²) in [6, 6.07) is 11.9. The second kappa shape index (κ2) is 5.14. The van der Waals surface area contributed by atoms with Crippen molar-refractivity contribution < 1.29 is 5.11 Å². The van der Waals surface area contributed by atoms with Crippen molar-refractivity contribution in [2.24, 2.45) is 0 Å². The van der Waals surface area contributed by atoms with E-state index >= 15 is 0 Å². The highest BCUT2D eigenvalue weighted by Crippen LogP contribution is 2.20. The molecule has 1 heterocycles. The number of phenols is 1. The number of para-hydroxylation sites is 1. The van der Waals surface area contributed by atoms with Crippen molar-refractivity contribution in [2.45, 2.75) is 19.5 Å². The highest BCUT2D eigenvalue weighted by atomic mass is 32.1. The van der Waals surface area contributed by atoms with Gasteiger partial charge in [-0.15, -0.1) is 11.3 Å². The second-order valence-corrected chi connectivity index (χ2v) is 4.73. The van der Waals surface area contributed by atoms with Crippen molar-refractivity contribution >= 4 is 11.3 Å². The summed E-state index contributed by atoms with van der Waals surface area (Å²) in [6.45, 7) is 2.82. The van der Waals surface area contributed by atoms with Crippen LogP contribution in [0, 0.1) is 0 Å². The molecule has 1 aromatic carbocycles. The van der Waals surface area contributed by atoms with E-state index in [1.165, 1.54) is 4.88 Å². The SMILES string of the molecule is C[C@H](NCc1ccccc1O)c1cccs1. The first kappa shape index (κ1) is 11.2. The van der Waals surface area contributed by atoms with E-state index in [2.05, 4.69) is 29.8 Å². The average Bonchev–Trinajstić information content (AvgIpc) is 2.81. The van der Waals surface area contributed by atoms with Gasteiger partial charge in [0.1, 0.15) is 5.75 Å². The molecule has 0 bridgehead atoms. The Labute approximate surface area is 99.6 Å². The Hall–Kier alpha value is -1.32. The van der Waals surface area contributed by atoms with E-state index in [0.717, 1.165) is 5.56 Å². The van der Waals surface area contributed by atoms with Gasteiger partial charge in [0.2, 0.25) is 0 Å². The van der Waals surface area contributed by atoms with Gasteiger partial charge in [-0.3, -0.25) is 0 Å². The first-order valence-corrected chi connectivity index (χ1v) is 6.19. The zero-order chi connectivity index (χ0) is 11.4. The fraction of sp³-hybridized carbons (Fsp3) is 0.231. The number of aromatic hydroxyl groups is 1. The van der Waals surface area contributed by atoms with Gasteiger partial charge < -0.3 is 10.4 Å². The van der Waals surface area contributed by atoms with Gasteiger partial charge in [0, 0.05) is 23.0 Å². The third-order valence-corrected chi connectivity index (χ3v) is 3.62. The Bertz CT molecular complexity index is 439. The molecule has 2 nitrogen and oxygen atoms in total. The highest BCUT2D eigenvalue weighted by Gasteiger charge is 2.06. The minimum Gasteiger partial charge on any atom is -0.508 e. The molecule has 0 aliphatic carbocycles. The molecule has 0 aliphatic rings. The van der Waals surface area contributed by atoms with Crippen molar-refractivity contribution in [1.29, 1.82) is 0 Å². The molecule has 0 saturated heterocycles. The molecule has 2 aromatic rings. The first-order chi connectivity index (χ1) is 7.77. The third kappa shape index (κ3) is 2.62. The number of nitrogens with one attached hydrogen (secondary N) is 1. The topological polar surface area (TPSA) is 32.3 Å². The van der Waals surface area contributed by atoms with E-state index in [1.807, 2.05) is 18.2 Å². The Morgan fingerprint density at radius 1 is 1.25 bits per heavy atom. The lowest BCUT2D eigenvalue weighted by Gasteiger charge is -2.12. The summed E-state index contributed by atoms with van der Waals surface area (Å²) in [5, 5.41) is 15.1. The smallest absolute Gasteiger partial charge is 0.120 e. The van der Waals surface area contributed by atoms with Crippen molar-refractivity contribution in [3.05, 3.63) is 52.2 Å². The Balaban J connectivity index is 1.95. The minimum atomic E-state index is 0.319. The fourth-order valence-corrected chi connectivity index (χ4v) is 2.32. The summed E-state index contributed by atoms with van der Waals surface area (Å²) < 4.78 is 0. The maximum absolute atomic E-state index is 9.62. The van der Waals surface area contributed by atoms with Gasteiger partial charge in [-0.2, -0.15) is 0 Å². The van der Waals surface area contributed by atoms with E-state index < -0.39 is 0 Å². The van der Waals surface area contributed by atoms with Gasteiger partial charge in [-0.1, -0.05) is 24.3 Å². The molecule has 2 N–H and O–H groups in total. The number of phenolic OH excluding ortho intramolecular Hbond substituents is 1. The third-order valence-electron chi connectivity index (χ3n) is 2.56. The van der Waals surface area contributed by atoms with Crippen LogP contribution in [0.25, 0.3) is 0 Å². The van der Waals surface area contributed by atoms with Crippen LogP contribution >= 0.6 is 11.3 Å². The van der Waals surface area contributed by atoms with Crippen molar-refractivity contribution in [3.8, 4) is 5.75 Å². The molecule has 0 radical (unpaired) electrons. The van der Waals surface area contributed by atoms with Crippen LogP contribution < -0.4 is 5.32 Å². The van der Waals surface area contributed by atoms with Crippen LogP contribution in [-0.2, 0) is 6.54 Å². The highest BCUT2D eigenvalue weighted by molar-refractivity contribution is 7.10. The molecule has 0 spiro atoms. The van der Waals surface area contributed by atoms with Gasteiger partial charge >= 0.3 is 0 Å². The average molecular weight is 233 g/mol. The van der Waals surface area contributed by atoms with E-state index in [0.29, 0.717) is 18.3 Å². The number of rotatable bonds is 4. The summed E-state index contributed by atoms with van der Waals surface area (Å²) in [4.78, 5) is 1.32. The molecular weight excluding hydrogens is 218 g/mol. The lowest BCUT2D eigenvalue weighted by molar-refractivity contribution is 0.461.